The van der Waals surface area contributed by atoms with E-state index in [1.165, 1.54) is 48.1 Å². The number of fused-ring (bicyclic) bond motifs is 3. The van der Waals surface area contributed by atoms with Crippen molar-refractivity contribution >= 4 is 35.0 Å². The van der Waals surface area contributed by atoms with Gasteiger partial charge >= 0.3 is 0 Å². The fraction of sp³-hybridized carbons (Fsp3) is 0.478. The van der Waals surface area contributed by atoms with Gasteiger partial charge in [-0.2, -0.15) is 0 Å². The van der Waals surface area contributed by atoms with Crippen molar-refractivity contribution in [2.45, 2.75) is 60.7 Å². The molecule has 0 spiro atoms. The lowest BCUT2D eigenvalue weighted by Crippen LogP contribution is -2.37. The molecule has 0 aromatic heterocycles. The van der Waals surface area contributed by atoms with Gasteiger partial charge in [0.05, 0.1) is 4.90 Å². The summed E-state index contributed by atoms with van der Waals surface area (Å²) in [7, 11) is 0. The molecule has 5 heteroatoms. The van der Waals surface area contributed by atoms with E-state index in [9.17, 15) is 0 Å². The molecule has 2 fully saturated rings. The number of hydrogen-bond donors (Lipinski definition) is 1. The Hall–Kier alpha value is -0.870. The quantitative estimate of drug-likeness (QED) is 0.566. The standard InChI is InChI=1S/C23H25Cl2NOS/c24-15-6-7-17(20(25)12-15)14-10-18-19-13-26-9-8-21(19)27-23(18)22(11-14)28-16-4-2-1-3-5-16/h6-7,10-12,16,19,21,26H,1-5,8-9,13H2/t19-,21-/m0/s1. The van der Waals surface area contributed by atoms with Crippen molar-refractivity contribution in [1.29, 1.82) is 0 Å². The fourth-order valence-corrected chi connectivity index (χ4v) is 6.71. The van der Waals surface area contributed by atoms with Gasteiger partial charge in [-0.25, -0.2) is 0 Å². The van der Waals surface area contributed by atoms with Crippen LogP contribution in [-0.4, -0.2) is 24.4 Å². The second-order valence-corrected chi connectivity index (χ2v) is 10.3. The van der Waals surface area contributed by atoms with Gasteiger partial charge in [0, 0.05) is 38.9 Å². The molecule has 0 bridgehead atoms. The van der Waals surface area contributed by atoms with Gasteiger partial charge in [0.2, 0.25) is 0 Å². The van der Waals surface area contributed by atoms with Crippen LogP contribution in [0.2, 0.25) is 10.0 Å². The maximum atomic E-state index is 6.56. The molecule has 1 saturated heterocycles. The van der Waals surface area contributed by atoms with Crippen LogP contribution in [0.15, 0.2) is 35.2 Å². The highest BCUT2D eigenvalue weighted by molar-refractivity contribution is 8.00. The molecule has 2 nitrogen and oxygen atoms in total. The van der Waals surface area contributed by atoms with Crippen molar-refractivity contribution in [1.82, 2.24) is 5.32 Å². The van der Waals surface area contributed by atoms with Crippen LogP contribution in [0.5, 0.6) is 5.75 Å². The third kappa shape index (κ3) is 3.67. The van der Waals surface area contributed by atoms with Gasteiger partial charge < -0.3 is 10.1 Å². The number of piperidine rings is 1. The molecule has 1 aliphatic carbocycles. The molecule has 148 valence electrons. The SMILES string of the molecule is Clc1ccc(-c2cc(SC3CCCCC3)c3c(c2)[C@@H]2CNCC[C@@H]2O3)c(Cl)c1. The third-order valence-corrected chi connectivity index (χ3v) is 8.17. The largest absolute Gasteiger partial charge is 0.488 e. The van der Waals surface area contributed by atoms with Gasteiger partial charge in [0.15, 0.2) is 0 Å². The summed E-state index contributed by atoms with van der Waals surface area (Å²) in [4.78, 5) is 1.29. The Bertz CT molecular complexity index is 881. The molecule has 2 aromatic carbocycles. The summed E-state index contributed by atoms with van der Waals surface area (Å²) in [5, 5.41) is 5.62. The molecule has 2 aliphatic heterocycles. The highest BCUT2D eigenvalue weighted by Crippen LogP contribution is 2.50. The first-order valence-corrected chi connectivity index (χ1v) is 12.0. The van der Waals surface area contributed by atoms with E-state index in [1.807, 2.05) is 30.0 Å². The van der Waals surface area contributed by atoms with E-state index < -0.39 is 0 Å². The predicted octanol–water partition coefficient (Wildman–Crippen LogP) is 6.92. The lowest BCUT2D eigenvalue weighted by molar-refractivity contribution is 0.169. The first kappa shape index (κ1) is 19.1. The van der Waals surface area contributed by atoms with E-state index in [2.05, 4.69) is 17.4 Å². The molecule has 2 atom stereocenters. The number of hydrogen-bond acceptors (Lipinski definition) is 3. The number of halogens is 2. The average molecular weight is 434 g/mol. The summed E-state index contributed by atoms with van der Waals surface area (Å²) in [6.45, 7) is 2.03. The van der Waals surface area contributed by atoms with Crippen LogP contribution in [0.3, 0.4) is 0 Å². The summed E-state index contributed by atoms with van der Waals surface area (Å²) in [6, 6.07) is 10.4. The van der Waals surface area contributed by atoms with Crippen molar-refractivity contribution < 1.29 is 4.74 Å². The first-order chi connectivity index (χ1) is 13.7. The second kappa shape index (κ2) is 8.10. The van der Waals surface area contributed by atoms with Crippen LogP contribution >= 0.6 is 35.0 Å². The van der Waals surface area contributed by atoms with Gasteiger partial charge in [-0.1, -0.05) is 48.5 Å². The molecule has 2 heterocycles. The van der Waals surface area contributed by atoms with Crippen LogP contribution < -0.4 is 10.1 Å². The molecular formula is C23H25Cl2NOS. The summed E-state index contributed by atoms with van der Waals surface area (Å²) >= 11 is 14.7. The topological polar surface area (TPSA) is 21.3 Å². The molecule has 0 amide bonds. The second-order valence-electron chi connectivity index (χ2n) is 8.15. The number of ether oxygens (including phenoxy) is 1. The lowest BCUT2D eigenvalue weighted by Gasteiger charge is -2.25. The van der Waals surface area contributed by atoms with Crippen LogP contribution in [0.1, 0.15) is 50.0 Å². The summed E-state index contributed by atoms with van der Waals surface area (Å²) < 4.78 is 6.51. The van der Waals surface area contributed by atoms with Gasteiger partial charge in [0.1, 0.15) is 11.9 Å². The number of nitrogens with one attached hydrogen (secondary N) is 1. The zero-order valence-corrected chi connectivity index (χ0v) is 18.2. The van der Waals surface area contributed by atoms with E-state index in [0.717, 1.165) is 30.8 Å². The Morgan fingerprint density at radius 3 is 2.68 bits per heavy atom. The van der Waals surface area contributed by atoms with Gasteiger partial charge in [-0.15, -0.1) is 11.8 Å². The van der Waals surface area contributed by atoms with Gasteiger partial charge in [0.25, 0.3) is 0 Å². The first-order valence-electron chi connectivity index (χ1n) is 10.4. The highest BCUT2D eigenvalue weighted by Gasteiger charge is 2.38. The molecule has 2 aromatic rings. The number of rotatable bonds is 3. The van der Waals surface area contributed by atoms with E-state index in [-0.39, 0.29) is 0 Å². The lowest BCUT2D eigenvalue weighted by atomic mass is 9.89. The third-order valence-electron chi connectivity index (χ3n) is 6.26. The zero-order chi connectivity index (χ0) is 19.1. The van der Waals surface area contributed by atoms with E-state index in [0.29, 0.717) is 27.3 Å². The number of benzene rings is 2. The highest BCUT2D eigenvalue weighted by atomic mass is 35.5. The van der Waals surface area contributed by atoms with E-state index in [1.54, 1.807) is 0 Å². The Kier molecular flexibility index (Phi) is 5.53. The maximum absolute atomic E-state index is 6.56. The Balaban J connectivity index is 1.57. The Labute approximate surface area is 181 Å². The molecule has 0 unspecified atom stereocenters. The zero-order valence-electron chi connectivity index (χ0n) is 15.8. The minimum atomic E-state index is 0.304. The Morgan fingerprint density at radius 1 is 1.00 bits per heavy atom. The van der Waals surface area contributed by atoms with Crippen LogP contribution in [0, 0.1) is 0 Å². The maximum Gasteiger partial charge on any atom is 0.137 e. The minimum Gasteiger partial charge on any atom is -0.488 e. The normalized spacial score (nSPS) is 24.5. The summed E-state index contributed by atoms with van der Waals surface area (Å²) in [5.74, 6) is 1.56. The smallest absolute Gasteiger partial charge is 0.137 e. The van der Waals surface area contributed by atoms with Crippen LogP contribution in [-0.2, 0) is 0 Å². The molecule has 1 saturated carbocycles. The van der Waals surface area contributed by atoms with Crippen molar-refractivity contribution in [2.24, 2.45) is 0 Å². The molecule has 3 aliphatic rings. The minimum absolute atomic E-state index is 0.304. The van der Waals surface area contributed by atoms with Crippen molar-refractivity contribution in [3.8, 4) is 16.9 Å². The van der Waals surface area contributed by atoms with Gasteiger partial charge in [-0.05, 0) is 55.6 Å². The number of thioether (sulfide) groups is 1. The summed E-state index contributed by atoms with van der Waals surface area (Å²) in [6.07, 6.45) is 8.06. The van der Waals surface area contributed by atoms with Crippen molar-refractivity contribution in [3.05, 3.63) is 45.9 Å². The molecule has 0 radical (unpaired) electrons. The molecule has 28 heavy (non-hydrogen) atoms. The predicted molar refractivity (Wildman–Crippen MR) is 119 cm³/mol. The van der Waals surface area contributed by atoms with E-state index in [4.69, 9.17) is 27.9 Å². The van der Waals surface area contributed by atoms with Crippen molar-refractivity contribution in [3.63, 3.8) is 0 Å². The van der Waals surface area contributed by atoms with Crippen LogP contribution in [0.4, 0.5) is 0 Å². The van der Waals surface area contributed by atoms with Crippen LogP contribution in [0.25, 0.3) is 11.1 Å². The molecule has 5 rings (SSSR count). The Morgan fingerprint density at radius 2 is 1.86 bits per heavy atom. The van der Waals surface area contributed by atoms with E-state index >= 15 is 0 Å². The van der Waals surface area contributed by atoms with Crippen molar-refractivity contribution in [2.75, 3.05) is 13.1 Å². The molecular weight excluding hydrogens is 409 g/mol. The molecule has 1 N–H and O–H groups in total. The fourth-order valence-electron chi connectivity index (χ4n) is 4.79. The van der Waals surface area contributed by atoms with Gasteiger partial charge in [-0.3, -0.25) is 0 Å². The monoisotopic (exact) mass is 433 g/mol. The summed E-state index contributed by atoms with van der Waals surface area (Å²) in [5.41, 5.74) is 3.57. The average Bonchev–Trinajstić information content (AvgIpc) is 3.08.